The van der Waals surface area contributed by atoms with Crippen molar-refractivity contribution in [3.05, 3.63) is 98.7 Å². The third-order valence-electron chi connectivity index (χ3n) is 4.31. The Morgan fingerprint density at radius 2 is 1.80 bits per heavy atom. The molecule has 3 aromatic carbocycles. The van der Waals surface area contributed by atoms with Crippen LogP contribution in [0.25, 0.3) is 11.4 Å². The van der Waals surface area contributed by atoms with Gasteiger partial charge in [-0.25, -0.2) is 5.10 Å². The van der Waals surface area contributed by atoms with Gasteiger partial charge < -0.3 is 4.74 Å². The molecule has 5 nitrogen and oxygen atoms in total. The number of benzene rings is 3. The second-order valence-corrected chi connectivity index (χ2v) is 7.57. The Morgan fingerprint density at radius 1 is 1.03 bits per heavy atom. The largest absolute Gasteiger partial charge is 0.488 e. The van der Waals surface area contributed by atoms with Crippen molar-refractivity contribution in [2.24, 2.45) is 5.10 Å². The summed E-state index contributed by atoms with van der Waals surface area (Å²) in [6.45, 7) is 0.307. The molecule has 0 aliphatic rings. The molecule has 1 aromatic heterocycles. The first kappa shape index (κ1) is 20.3. The molecule has 0 bridgehead atoms. The Balaban J connectivity index is 1.59. The minimum atomic E-state index is 0.307. The molecule has 0 amide bonds. The fourth-order valence-corrected chi connectivity index (χ4v) is 3.45. The van der Waals surface area contributed by atoms with Crippen molar-refractivity contribution in [2.75, 3.05) is 0 Å². The first-order chi connectivity index (χ1) is 14.6. The van der Waals surface area contributed by atoms with Gasteiger partial charge in [0, 0.05) is 26.7 Å². The number of para-hydroxylation sites is 1. The summed E-state index contributed by atoms with van der Waals surface area (Å²) < 4.78 is 7.96. The molecule has 4 aromatic rings. The lowest BCUT2D eigenvalue weighted by molar-refractivity contribution is 0.306. The maximum atomic E-state index is 6.24. The second kappa shape index (κ2) is 9.26. The average Bonchev–Trinajstić information content (AvgIpc) is 3.13. The molecule has 0 atom stereocenters. The Bertz CT molecular complexity index is 1250. The van der Waals surface area contributed by atoms with E-state index in [-0.39, 0.29) is 0 Å². The van der Waals surface area contributed by atoms with Gasteiger partial charge in [0.05, 0.1) is 6.21 Å². The maximum absolute atomic E-state index is 6.24. The lowest BCUT2D eigenvalue weighted by Gasteiger charge is -2.10. The monoisotopic (exact) mass is 454 g/mol. The Kier molecular flexibility index (Phi) is 6.28. The highest BCUT2D eigenvalue weighted by Gasteiger charge is 2.09. The van der Waals surface area contributed by atoms with Crippen molar-refractivity contribution in [3.63, 3.8) is 0 Å². The smallest absolute Gasteiger partial charge is 0.216 e. The summed E-state index contributed by atoms with van der Waals surface area (Å²) in [4.78, 5) is 0. The molecule has 1 heterocycles. The van der Waals surface area contributed by atoms with Crippen LogP contribution < -0.4 is 4.74 Å². The van der Waals surface area contributed by atoms with Gasteiger partial charge in [-0.05, 0) is 36.5 Å². The summed E-state index contributed by atoms with van der Waals surface area (Å²) in [5, 5.41) is 12.8. The second-order valence-electron chi connectivity index (χ2n) is 6.34. The van der Waals surface area contributed by atoms with Gasteiger partial charge in [-0.3, -0.25) is 0 Å². The number of aromatic amines is 1. The van der Waals surface area contributed by atoms with E-state index in [0.717, 1.165) is 16.7 Å². The van der Waals surface area contributed by atoms with Crippen molar-refractivity contribution < 1.29 is 4.74 Å². The minimum absolute atomic E-state index is 0.307. The van der Waals surface area contributed by atoms with E-state index >= 15 is 0 Å². The van der Waals surface area contributed by atoms with Gasteiger partial charge in [-0.15, -0.1) is 0 Å². The van der Waals surface area contributed by atoms with E-state index in [9.17, 15) is 0 Å². The molecular formula is C22H16Cl2N4OS. The van der Waals surface area contributed by atoms with E-state index in [2.05, 4.69) is 15.3 Å². The molecule has 0 spiro atoms. The van der Waals surface area contributed by atoms with Crippen molar-refractivity contribution in [3.8, 4) is 17.1 Å². The van der Waals surface area contributed by atoms with Crippen LogP contribution in [0.5, 0.6) is 5.75 Å². The van der Waals surface area contributed by atoms with E-state index in [0.29, 0.717) is 33.0 Å². The van der Waals surface area contributed by atoms with Gasteiger partial charge in [0.15, 0.2) is 5.82 Å². The average molecular weight is 455 g/mol. The van der Waals surface area contributed by atoms with Gasteiger partial charge in [0.2, 0.25) is 4.77 Å². The molecule has 1 N–H and O–H groups in total. The van der Waals surface area contributed by atoms with Crippen LogP contribution in [0.1, 0.15) is 11.1 Å². The van der Waals surface area contributed by atoms with Crippen molar-refractivity contribution in [2.45, 2.75) is 6.61 Å². The number of halogens is 2. The lowest BCUT2D eigenvalue weighted by atomic mass is 10.2. The summed E-state index contributed by atoms with van der Waals surface area (Å²) >= 11 is 17.5. The molecule has 0 aliphatic carbocycles. The van der Waals surface area contributed by atoms with Crippen LogP contribution in [0.3, 0.4) is 0 Å². The predicted molar refractivity (Wildman–Crippen MR) is 123 cm³/mol. The zero-order chi connectivity index (χ0) is 20.9. The highest BCUT2D eigenvalue weighted by atomic mass is 35.5. The van der Waals surface area contributed by atoms with Crippen molar-refractivity contribution in [1.82, 2.24) is 14.9 Å². The number of aromatic nitrogens is 3. The van der Waals surface area contributed by atoms with E-state index in [1.807, 2.05) is 60.7 Å². The number of nitrogens with one attached hydrogen (secondary N) is 1. The molecule has 0 saturated heterocycles. The van der Waals surface area contributed by atoms with Gasteiger partial charge in [0.1, 0.15) is 12.4 Å². The molecule has 150 valence electrons. The predicted octanol–water partition coefficient (Wildman–Crippen LogP) is 6.38. The van der Waals surface area contributed by atoms with Gasteiger partial charge in [0.25, 0.3) is 0 Å². The fourth-order valence-electron chi connectivity index (χ4n) is 2.81. The number of H-pyrrole nitrogens is 1. The van der Waals surface area contributed by atoms with Gasteiger partial charge in [-0.2, -0.15) is 14.9 Å². The first-order valence-electron chi connectivity index (χ1n) is 9.05. The SMILES string of the molecule is S=c1[nH]nc(-c2ccccc2)n1N=Cc1ccccc1OCc1ccc(Cl)cc1Cl. The molecule has 0 unspecified atom stereocenters. The molecule has 0 radical (unpaired) electrons. The van der Waals surface area contributed by atoms with Crippen LogP contribution in [0, 0.1) is 4.77 Å². The van der Waals surface area contributed by atoms with E-state index in [4.69, 9.17) is 40.2 Å². The summed E-state index contributed by atoms with van der Waals surface area (Å²) in [5.41, 5.74) is 2.55. The molecule has 0 fully saturated rings. The molecular weight excluding hydrogens is 439 g/mol. The van der Waals surface area contributed by atoms with Crippen LogP contribution >= 0.6 is 35.4 Å². The molecule has 0 aliphatic heterocycles. The first-order valence-corrected chi connectivity index (χ1v) is 10.2. The van der Waals surface area contributed by atoms with Crippen molar-refractivity contribution in [1.29, 1.82) is 0 Å². The van der Waals surface area contributed by atoms with Crippen LogP contribution in [0.2, 0.25) is 10.0 Å². The number of rotatable bonds is 6. The van der Waals surface area contributed by atoms with Gasteiger partial charge >= 0.3 is 0 Å². The van der Waals surface area contributed by atoms with Crippen LogP contribution in [-0.4, -0.2) is 21.1 Å². The minimum Gasteiger partial charge on any atom is -0.488 e. The van der Waals surface area contributed by atoms with E-state index in [1.165, 1.54) is 0 Å². The quantitative estimate of drug-likeness (QED) is 0.271. The van der Waals surface area contributed by atoms with E-state index in [1.54, 1.807) is 23.0 Å². The number of ether oxygens (including phenoxy) is 1. The standard InChI is InChI=1S/C22H16Cl2N4OS/c23-18-11-10-17(19(24)12-18)14-29-20-9-5-4-8-16(20)13-25-28-21(26-27-22(28)30)15-6-2-1-3-7-15/h1-13H,14H2,(H,27,30). The molecule has 4 rings (SSSR count). The highest BCUT2D eigenvalue weighted by molar-refractivity contribution is 7.71. The lowest BCUT2D eigenvalue weighted by Crippen LogP contribution is -2.00. The van der Waals surface area contributed by atoms with E-state index < -0.39 is 0 Å². The summed E-state index contributed by atoms with van der Waals surface area (Å²) in [6, 6.07) is 22.6. The highest BCUT2D eigenvalue weighted by Crippen LogP contribution is 2.24. The number of hydrogen-bond donors (Lipinski definition) is 1. The maximum Gasteiger partial charge on any atom is 0.216 e. The van der Waals surface area contributed by atoms with Crippen LogP contribution in [0.15, 0.2) is 77.9 Å². The zero-order valence-electron chi connectivity index (χ0n) is 15.6. The normalized spacial score (nSPS) is 11.1. The zero-order valence-corrected chi connectivity index (χ0v) is 18.0. The summed E-state index contributed by atoms with van der Waals surface area (Å²) in [6.07, 6.45) is 1.69. The van der Waals surface area contributed by atoms with Gasteiger partial charge in [-0.1, -0.05) is 71.7 Å². The third kappa shape index (κ3) is 4.62. The molecule has 30 heavy (non-hydrogen) atoms. The number of nitrogens with zero attached hydrogens (tertiary/aromatic N) is 3. The van der Waals surface area contributed by atoms with Crippen LogP contribution in [-0.2, 0) is 6.61 Å². The third-order valence-corrected chi connectivity index (χ3v) is 5.16. The number of hydrogen-bond acceptors (Lipinski definition) is 4. The Labute approximate surface area is 188 Å². The Hall–Kier alpha value is -2.93. The van der Waals surface area contributed by atoms with Crippen LogP contribution in [0.4, 0.5) is 0 Å². The molecule has 0 saturated carbocycles. The summed E-state index contributed by atoms with van der Waals surface area (Å²) in [7, 11) is 0. The topological polar surface area (TPSA) is 55.2 Å². The fraction of sp³-hybridized carbons (Fsp3) is 0.0455. The summed E-state index contributed by atoms with van der Waals surface area (Å²) in [5.74, 6) is 1.30. The Morgan fingerprint density at radius 3 is 2.60 bits per heavy atom. The van der Waals surface area contributed by atoms with Crippen molar-refractivity contribution >= 4 is 41.6 Å². The molecule has 8 heteroatoms.